The Kier molecular flexibility index (Phi) is 8.35. The van der Waals surface area contributed by atoms with Crippen molar-refractivity contribution in [3.05, 3.63) is 94.6 Å². The summed E-state index contributed by atoms with van der Waals surface area (Å²) < 4.78 is 95.6. The number of ether oxygens (including phenoxy) is 2. The topological polar surface area (TPSA) is 18.5 Å². The predicted octanol–water partition coefficient (Wildman–Crippen LogP) is 8.52. The summed E-state index contributed by atoms with van der Waals surface area (Å²) in [5.41, 5.74) is -0.943. The first-order chi connectivity index (χ1) is 16.6. The molecule has 0 heterocycles. The van der Waals surface area contributed by atoms with Crippen LogP contribution < -0.4 is 9.47 Å². The van der Waals surface area contributed by atoms with Gasteiger partial charge in [-0.2, -0.15) is 17.6 Å². The Balaban J connectivity index is 1.70. The van der Waals surface area contributed by atoms with Gasteiger partial charge in [0.05, 0.1) is 5.56 Å². The van der Waals surface area contributed by atoms with Gasteiger partial charge in [0.25, 0.3) is 0 Å². The number of aryl methyl sites for hydroxylation is 2. The molecule has 0 spiro atoms. The average Bonchev–Trinajstić information content (AvgIpc) is 2.79. The number of hydrogen-bond donors (Lipinski definition) is 0. The zero-order valence-electron chi connectivity index (χ0n) is 19.4. The van der Waals surface area contributed by atoms with E-state index in [1.54, 1.807) is 19.1 Å². The highest BCUT2D eigenvalue weighted by Gasteiger charge is 2.41. The molecule has 8 heteroatoms. The van der Waals surface area contributed by atoms with E-state index < -0.39 is 40.7 Å². The number of alkyl halides is 4. The average molecular weight is 496 g/mol. The van der Waals surface area contributed by atoms with E-state index >= 15 is 0 Å². The third kappa shape index (κ3) is 6.71. The van der Waals surface area contributed by atoms with Crippen LogP contribution in [0.25, 0.3) is 0 Å². The second-order valence-electron chi connectivity index (χ2n) is 8.15. The van der Waals surface area contributed by atoms with Gasteiger partial charge < -0.3 is 9.47 Å². The van der Waals surface area contributed by atoms with E-state index in [4.69, 9.17) is 4.74 Å². The summed E-state index contributed by atoms with van der Waals surface area (Å²) in [6.45, 7) is 3.71. The molecule has 0 amide bonds. The van der Waals surface area contributed by atoms with E-state index in [0.29, 0.717) is 0 Å². The molecule has 35 heavy (non-hydrogen) atoms. The van der Waals surface area contributed by atoms with Gasteiger partial charge in [-0.05, 0) is 78.9 Å². The molecule has 3 aromatic carbocycles. The van der Waals surface area contributed by atoms with Crippen LogP contribution in [0.2, 0.25) is 0 Å². The van der Waals surface area contributed by atoms with Crippen molar-refractivity contribution in [1.29, 1.82) is 0 Å². The Labute approximate surface area is 200 Å². The SMILES string of the molecule is CCCCCc1ccc(OC(F)(F)c2ccc(OC(F)(F)c3c(F)cc(CC)cc3F)cc2)cc1. The molecule has 0 aliphatic heterocycles. The maximum Gasteiger partial charge on any atom is 0.432 e. The quantitative estimate of drug-likeness (QED) is 0.196. The lowest BCUT2D eigenvalue weighted by molar-refractivity contribution is -0.190. The molecule has 0 atom stereocenters. The standard InChI is InChI=1S/C27H26F6O2/c1-3-5-6-7-19-8-12-21(13-9-19)34-26(30,31)20-10-14-22(15-11-20)35-27(32,33)25-23(28)16-18(4-2)17-24(25)29/h8-17H,3-7H2,1-2H3. The van der Waals surface area contributed by atoms with Crippen LogP contribution in [-0.4, -0.2) is 0 Å². The monoisotopic (exact) mass is 496 g/mol. The Morgan fingerprint density at radius 3 is 1.69 bits per heavy atom. The molecular weight excluding hydrogens is 470 g/mol. The molecule has 0 bridgehead atoms. The second kappa shape index (κ2) is 11.1. The highest BCUT2D eigenvalue weighted by atomic mass is 19.3. The third-order valence-corrected chi connectivity index (χ3v) is 5.48. The van der Waals surface area contributed by atoms with Crippen molar-refractivity contribution in [2.75, 3.05) is 0 Å². The molecule has 188 valence electrons. The van der Waals surface area contributed by atoms with Gasteiger partial charge in [0.15, 0.2) is 0 Å². The van der Waals surface area contributed by atoms with Crippen molar-refractivity contribution >= 4 is 0 Å². The summed E-state index contributed by atoms with van der Waals surface area (Å²) in [6.07, 6.45) is -3.86. The summed E-state index contributed by atoms with van der Waals surface area (Å²) in [4.78, 5) is 0. The lowest BCUT2D eigenvalue weighted by atomic mass is 10.1. The molecule has 0 aliphatic carbocycles. The number of halogens is 6. The fourth-order valence-electron chi connectivity index (χ4n) is 3.53. The molecule has 2 nitrogen and oxygen atoms in total. The molecule has 0 unspecified atom stereocenters. The van der Waals surface area contributed by atoms with E-state index in [-0.39, 0.29) is 17.7 Å². The normalized spacial score (nSPS) is 12.0. The first kappa shape index (κ1) is 26.4. The number of unbranched alkanes of at least 4 members (excludes halogenated alkanes) is 2. The molecule has 0 N–H and O–H groups in total. The molecule has 3 aromatic rings. The van der Waals surface area contributed by atoms with Crippen LogP contribution >= 0.6 is 0 Å². The van der Waals surface area contributed by atoms with Crippen LogP contribution in [-0.2, 0) is 25.1 Å². The van der Waals surface area contributed by atoms with Crippen LogP contribution in [0.15, 0.2) is 60.7 Å². The van der Waals surface area contributed by atoms with Gasteiger partial charge in [0.2, 0.25) is 0 Å². The van der Waals surface area contributed by atoms with E-state index in [2.05, 4.69) is 11.7 Å². The second-order valence-corrected chi connectivity index (χ2v) is 8.15. The van der Waals surface area contributed by atoms with Gasteiger partial charge in [-0.3, -0.25) is 0 Å². The first-order valence-corrected chi connectivity index (χ1v) is 11.4. The fraction of sp³-hybridized carbons (Fsp3) is 0.333. The number of hydrogen-bond acceptors (Lipinski definition) is 2. The molecule has 0 aliphatic rings. The maximum atomic E-state index is 14.6. The van der Waals surface area contributed by atoms with Crippen molar-refractivity contribution in [2.24, 2.45) is 0 Å². The van der Waals surface area contributed by atoms with Gasteiger partial charge in [-0.15, -0.1) is 0 Å². The molecule has 0 fully saturated rings. The molecular formula is C27H26F6O2. The zero-order chi connectivity index (χ0) is 25.6. The Hall–Kier alpha value is -3.16. The fourth-order valence-corrected chi connectivity index (χ4v) is 3.53. The summed E-state index contributed by atoms with van der Waals surface area (Å²) in [6, 6.07) is 11.3. The third-order valence-electron chi connectivity index (χ3n) is 5.48. The van der Waals surface area contributed by atoms with Crippen LogP contribution in [0.4, 0.5) is 26.3 Å². The predicted molar refractivity (Wildman–Crippen MR) is 121 cm³/mol. The minimum absolute atomic E-state index is 0.0532. The van der Waals surface area contributed by atoms with E-state index in [1.807, 2.05) is 0 Å². The van der Waals surface area contributed by atoms with E-state index in [1.165, 1.54) is 12.1 Å². The Morgan fingerprint density at radius 2 is 1.17 bits per heavy atom. The van der Waals surface area contributed by atoms with Crippen molar-refractivity contribution in [3.8, 4) is 11.5 Å². The summed E-state index contributed by atoms with van der Waals surface area (Å²) in [5, 5.41) is 0. The van der Waals surface area contributed by atoms with Crippen LogP contribution in [0, 0.1) is 11.6 Å². The van der Waals surface area contributed by atoms with Crippen molar-refractivity contribution in [3.63, 3.8) is 0 Å². The van der Waals surface area contributed by atoms with Crippen LogP contribution in [0.3, 0.4) is 0 Å². The Bertz CT molecular complexity index is 1090. The lowest BCUT2D eigenvalue weighted by Gasteiger charge is -2.21. The smallest absolute Gasteiger partial charge is 0.429 e. The summed E-state index contributed by atoms with van der Waals surface area (Å²) in [5.74, 6) is -3.52. The zero-order valence-corrected chi connectivity index (χ0v) is 19.4. The van der Waals surface area contributed by atoms with Crippen LogP contribution in [0.1, 0.15) is 55.4 Å². The number of benzene rings is 3. The largest absolute Gasteiger partial charge is 0.432 e. The lowest BCUT2D eigenvalue weighted by Crippen LogP contribution is -2.25. The van der Waals surface area contributed by atoms with Gasteiger partial charge in [-0.25, -0.2) is 8.78 Å². The molecule has 0 radical (unpaired) electrons. The maximum absolute atomic E-state index is 14.6. The molecule has 0 aromatic heterocycles. The molecule has 3 rings (SSSR count). The first-order valence-electron chi connectivity index (χ1n) is 11.4. The summed E-state index contributed by atoms with van der Waals surface area (Å²) >= 11 is 0. The highest BCUT2D eigenvalue weighted by Crippen LogP contribution is 2.37. The highest BCUT2D eigenvalue weighted by molar-refractivity contribution is 5.34. The van der Waals surface area contributed by atoms with Crippen molar-refractivity contribution in [1.82, 2.24) is 0 Å². The van der Waals surface area contributed by atoms with Crippen molar-refractivity contribution in [2.45, 2.75) is 58.2 Å². The van der Waals surface area contributed by atoms with Gasteiger partial charge in [0.1, 0.15) is 28.7 Å². The van der Waals surface area contributed by atoms with Crippen LogP contribution in [0.5, 0.6) is 11.5 Å². The van der Waals surface area contributed by atoms with Gasteiger partial charge in [0, 0.05) is 0 Å². The van der Waals surface area contributed by atoms with Gasteiger partial charge in [-0.1, -0.05) is 38.8 Å². The van der Waals surface area contributed by atoms with Gasteiger partial charge >= 0.3 is 12.2 Å². The molecule has 0 saturated carbocycles. The minimum Gasteiger partial charge on any atom is -0.429 e. The molecule has 0 saturated heterocycles. The summed E-state index contributed by atoms with van der Waals surface area (Å²) in [7, 11) is 0. The Morgan fingerprint density at radius 1 is 0.657 bits per heavy atom. The van der Waals surface area contributed by atoms with Crippen molar-refractivity contribution < 1.29 is 35.8 Å². The number of rotatable bonds is 11. The van der Waals surface area contributed by atoms with E-state index in [9.17, 15) is 26.3 Å². The minimum atomic E-state index is -4.36. The van der Waals surface area contributed by atoms with E-state index in [0.717, 1.165) is 67.6 Å².